The Labute approximate surface area is 261 Å². The van der Waals surface area contributed by atoms with Crippen LogP contribution in [0.3, 0.4) is 0 Å². The Morgan fingerprint density at radius 3 is 0.929 bits per heavy atom. The zero-order valence-corrected chi connectivity index (χ0v) is 28.0. The van der Waals surface area contributed by atoms with Gasteiger partial charge in [-0.1, -0.05) is 200 Å². The lowest BCUT2D eigenvalue weighted by Gasteiger charge is -2.06. The first-order chi connectivity index (χ1) is 20.6. The standard InChI is InChI=1S/C37H72O5/c1-2-3-4-5-6-7-8-9-10-11-12-13-14-15-16-17-18-19-20-21-22-23-24-25-26-27-28-29-30-31-32-33-36(40)42-37(41)35(39)34-38/h35,38-39H,2-34H2,1H3. The fourth-order valence-corrected chi connectivity index (χ4v) is 5.77. The van der Waals surface area contributed by atoms with Gasteiger partial charge < -0.3 is 14.9 Å². The van der Waals surface area contributed by atoms with Gasteiger partial charge in [0.25, 0.3) is 0 Å². The van der Waals surface area contributed by atoms with Crippen molar-refractivity contribution in [3.8, 4) is 0 Å². The smallest absolute Gasteiger partial charge is 0.345 e. The van der Waals surface area contributed by atoms with Crippen LogP contribution in [0.25, 0.3) is 0 Å². The van der Waals surface area contributed by atoms with Crippen LogP contribution in [0.1, 0.15) is 212 Å². The Kier molecular flexibility index (Phi) is 33.8. The van der Waals surface area contributed by atoms with E-state index in [0.717, 1.165) is 12.8 Å². The van der Waals surface area contributed by atoms with Gasteiger partial charge in [0.05, 0.1) is 6.61 Å². The number of esters is 2. The van der Waals surface area contributed by atoms with Gasteiger partial charge in [0.15, 0.2) is 6.10 Å². The zero-order chi connectivity index (χ0) is 30.8. The molecule has 0 saturated carbocycles. The number of hydrogen-bond donors (Lipinski definition) is 2. The highest BCUT2D eigenvalue weighted by Crippen LogP contribution is 2.17. The van der Waals surface area contributed by atoms with E-state index in [1.807, 2.05) is 0 Å². The number of carbonyl (C=O) groups excluding carboxylic acids is 2. The van der Waals surface area contributed by atoms with Crippen molar-refractivity contribution in [3.63, 3.8) is 0 Å². The van der Waals surface area contributed by atoms with Gasteiger partial charge in [-0.2, -0.15) is 0 Å². The quantitative estimate of drug-likeness (QED) is 0.0438. The van der Waals surface area contributed by atoms with E-state index in [9.17, 15) is 9.59 Å². The van der Waals surface area contributed by atoms with E-state index >= 15 is 0 Å². The summed E-state index contributed by atoms with van der Waals surface area (Å²) in [5.41, 5.74) is 0. The Morgan fingerprint density at radius 1 is 0.452 bits per heavy atom. The molecule has 0 amide bonds. The van der Waals surface area contributed by atoms with E-state index in [-0.39, 0.29) is 6.42 Å². The monoisotopic (exact) mass is 597 g/mol. The Morgan fingerprint density at radius 2 is 0.690 bits per heavy atom. The minimum atomic E-state index is -1.63. The van der Waals surface area contributed by atoms with Crippen LogP contribution < -0.4 is 0 Å². The predicted molar refractivity (Wildman–Crippen MR) is 178 cm³/mol. The van der Waals surface area contributed by atoms with Gasteiger partial charge in [-0.05, 0) is 6.42 Å². The Hall–Kier alpha value is -0.940. The van der Waals surface area contributed by atoms with Crippen molar-refractivity contribution in [1.82, 2.24) is 0 Å². The number of ether oxygens (including phenoxy) is 1. The van der Waals surface area contributed by atoms with Gasteiger partial charge in [-0.15, -0.1) is 0 Å². The third-order valence-corrected chi connectivity index (χ3v) is 8.64. The van der Waals surface area contributed by atoms with E-state index in [0.29, 0.717) is 6.42 Å². The highest BCUT2D eigenvalue weighted by Gasteiger charge is 2.18. The van der Waals surface area contributed by atoms with Gasteiger partial charge >= 0.3 is 11.9 Å². The third-order valence-electron chi connectivity index (χ3n) is 8.64. The molecule has 0 aromatic heterocycles. The van der Waals surface area contributed by atoms with Crippen LogP contribution in [0.4, 0.5) is 0 Å². The number of aliphatic hydroxyl groups excluding tert-OH is 2. The van der Waals surface area contributed by atoms with E-state index in [2.05, 4.69) is 11.7 Å². The van der Waals surface area contributed by atoms with Crippen LogP contribution in [-0.2, 0) is 14.3 Å². The summed E-state index contributed by atoms with van der Waals surface area (Å²) in [6.45, 7) is 1.56. The molecule has 0 aromatic rings. The van der Waals surface area contributed by atoms with Crippen molar-refractivity contribution in [1.29, 1.82) is 0 Å². The lowest BCUT2D eigenvalue weighted by molar-refractivity contribution is -0.167. The molecule has 0 heterocycles. The molecule has 5 nitrogen and oxygen atoms in total. The lowest BCUT2D eigenvalue weighted by Crippen LogP contribution is -2.28. The van der Waals surface area contributed by atoms with Gasteiger partial charge in [0, 0.05) is 6.42 Å². The van der Waals surface area contributed by atoms with Crippen molar-refractivity contribution in [2.75, 3.05) is 6.61 Å². The molecule has 250 valence electrons. The maximum absolute atomic E-state index is 11.5. The van der Waals surface area contributed by atoms with Crippen molar-refractivity contribution in [2.24, 2.45) is 0 Å². The summed E-state index contributed by atoms with van der Waals surface area (Å²) in [7, 11) is 0. The molecule has 1 unspecified atom stereocenters. The van der Waals surface area contributed by atoms with Crippen molar-refractivity contribution in [2.45, 2.75) is 218 Å². The van der Waals surface area contributed by atoms with E-state index < -0.39 is 24.6 Å². The van der Waals surface area contributed by atoms with Gasteiger partial charge in [-0.25, -0.2) is 4.79 Å². The average molecular weight is 597 g/mol. The summed E-state index contributed by atoms with van der Waals surface area (Å²) in [6, 6.07) is 0. The summed E-state index contributed by atoms with van der Waals surface area (Å²) in [4.78, 5) is 22.7. The average Bonchev–Trinajstić information content (AvgIpc) is 2.99. The molecule has 5 heteroatoms. The number of hydrogen-bond acceptors (Lipinski definition) is 5. The lowest BCUT2D eigenvalue weighted by atomic mass is 10.0. The third kappa shape index (κ3) is 32.0. The number of aliphatic hydroxyl groups is 2. The first-order valence-corrected chi connectivity index (χ1v) is 18.6. The minimum Gasteiger partial charge on any atom is -0.393 e. The molecule has 0 fully saturated rings. The number of unbranched alkanes of at least 4 members (excludes halogenated alkanes) is 30. The molecule has 0 radical (unpaired) electrons. The highest BCUT2D eigenvalue weighted by atomic mass is 16.6. The summed E-state index contributed by atoms with van der Waals surface area (Å²) >= 11 is 0. The van der Waals surface area contributed by atoms with Gasteiger partial charge in [0.1, 0.15) is 0 Å². The predicted octanol–water partition coefficient (Wildman–Crippen LogP) is 10.9. The second-order valence-electron chi connectivity index (χ2n) is 12.8. The molecule has 0 aliphatic rings. The fourth-order valence-electron chi connectivity index (χ4n) is 5.77. The largest absolute Gasteiger partial charge is 0.393 e. The molecule has 0 aliphatic carbocycles. The number of carbonyl (C=O) groups is 2. The van der Waals surface area contributed by atoms with Crippen molar-refractivity contribution < 1.29 is 24.5 Å². The second kappa shape index (κ2) is 34.5. The Balaban J connectivity index is 3.13. The van der Waals surface area contributed by atoms with Crippen LogP contribution in [0, 0.1) is 0 Å². The van der Waals surface area contributed by atoms with Gasteiger partial charge in [0.2, 0.25) is 0 Å². The Bertz CT molecular complexity index is 564. The molecule has 2 N–H and O–H groups in total. The SMILES string of the molecule is CCCCCCCCCCCCCCCCCCCCCCCCCCCCCCCCCC(=O)OC(=O)C(O)CO. The van der Waals surface area contributed by atoms with Crippen LogP contribution >= 0.6 is 0 Å². The molecule has 0 saturated heterocycles. The summed E-state index contributed by atoms with van der Waals surface area (Å²) in [5.74, 6) is -1.69. The first-order valence-electron chi connectivity index (χ1n) is 18.6. The molecule has 0 rings (SSSR count). The molecule has 1 atom stereocenters. The number of rotatable bonds is 34. The highest BCUT2D eigenvalue weighted by molar-refractivity contribution is 5.87. The molecule has 0 aromatic carbocycles. The van der Waals surface area contributed by atoms with Crippen LogP contribution in [0.5, 0.6) is 0 Å². The fraction of sp³-hybridized carbons (Fsp3) is 0.946. The maximum atomic E-state index is 11.5. The molecule has 0 aliphatic heterocycles. The van der Waals surface area contributed by atoms with Crippen LogP contribution in [-0.4, -0.2) is 34.9 Å². The topological polar surface area (TPSA) is 83.8 Å². The molecular formula is C37H72O5. The van der Waals surface area contributed by atoms with E-state index in [1.165, 1.54) is 180 Å². The van der Waals surface area contributed by atoms with E-state index in [4.69, 9.17) is 10.2 Å². The zero-order valence-electron chi connectivity index (χ0n) is 28.0. The van der Waals surface area contributed by atoms with Crippen LogP contribution in [0.15, 0.2) is 0 Å². The first kappa shape index (κ1) is 41.1. The summed E-state index contributed by atoms with van der Waals surface area (Å²) < 4.78 is 4.48. The molecule has 0 bridgehead atoms. The van der Waals surface area contributed by atoms with Crippen molar-refractivity contribution >= 4 is 11.9 Å². The molecule has 42 heavy (non-hydrogen) atoms. The van der Waals surface area contributed by atoms with Crippen LogP contribution in [0.2, 0.25) is 0 Å². The summed E-state index contributed by atoms with van der Waals surface area (Å²) in [6.07, 6.45) is 40.9. The minimum absolute atomic E-state index is 0.184. The molecule has 0 spiro atoms. The van der Waals surface area contributed by atoms with Gasteiger partial charge in [-0.3, -0.25) is 4.79 Å². The normalized spacial score (nSPS) is 12.1. The van der Waals surface area contributed by atoms with E-state index in [1.54, 1.807) is 0 Å². The second-order valence-corrected chi connectivity index (χ2v) is 12.8. The molecular weight excluding hydrogens is 524 g/mol. The summed E-state index contributed by atoms with van der Waals surface area (Å²) in [5, 5.41) is 17.7. The maximum Gasteiger partial charge on any atom is 0.345 e. The van der Waals surface area contributed by atoms with Crippen molar-refractivity contribution in [3.05, 3.63) is 0 Å².